The van der Waals surface area contributed by atoms with E-state index in [1.54, 1.807) is 0 Å². The van der Waals surface area contributed by atoms with Gasteiger partial charge in [-0.3, -0.25) is 0 Å². The standard InChI is InChI=1S/C13H16N/c1-3-8-14-9-4-5-12-10-11(2)6-7-13(12)14/h4-7,9-10H,3,8H2,1-2H3/q+1. The minimum absolute atomic E-state index is 1.10. The van der Waals surface area contributed by atoms with Crippen LogP contribution in [-0.4, -0.2) is 0 Å². The normalized spacial score (nSPS) is 10.7. The number of aromatic nitrogens is 1. The fraction of sp³-hybridized carbons (Fsp3) is 0.308. The summed E-state index contributed by atoms with van der Waals surface area (Å²) in [6.45, 7) is 5.44. The van der Waals surface area contributed by atoms with Crippen molar-refractivity contribution >= 4 is 10.9 Å². The molecule has 1 aromatic carbocycles. The monoisotopic (exact) mass is 186 g/mol. The molecule has 0 saturated heterocycles. The molecule has 0 aliphatic heterocycles. The van der Waals surface area contributed by atoms with Gasteiger partial charge in [-0.25, -0.2) is 0 Å². The minimum Gasteiger partial charge on any atom is -0.198 e. The Labute approximate surface area is 85.0 Å². The zero-order chi connectivity index (χ0) is 9.97. The summed E-state index contributed by atoms with van der Waals surface area (Å²) in [6, 6.07) is 10.9. The first-order valence-corrected chi connectivity index (χ1v) is 5.20. The minimum atomic E-state index is 1.10. The highest BCUT2D eigenvalue weighted by Crippen LogP contribution is 2.11. The Kier molecular flexibility index (Phi) is 2.49. The average Bonchev–Trinajstić information content (AvgIpc) is 2.18. The van der Waals surface area contributed by atoms with E-state index < -0.39 is 0 Å². The summed E-state index contributed by atoms with van der Waals surface area (Å²) in [7, 11) is 0. The Balaban J connectivity index is 2.62. The van der Waals surface area contributed by atoms with Gasteiger partial charge in [0, 0.05) is 23.9 Å². The number of benzene rings is 1. The van der Waals surface area contributed by atoms with Gasteiger partial charge in [0.25, 0.3) is 0 Å². The zero-order valence-corrected chi connectivity index (χ0v) is 8.83. The lowest BCUT2D eigenvalue weighted by Gasteiger charge is -2.00. The van der Waals surface area contributed by atoms with E-state index in [2.05, 4.69) is 54.9 Å². The molecule has 0 unspecified atom stereocenters. The fourth-order valence-electron chi connectivity index (χ4n) is 1.84. The number of rotatable bonds is 2. The van der Waals surface area contributed by atoms with Crippen molar-refractivity contribution in [2.75, 3.05) is 0 Å². The molecule has 72 valence electrons. The number of hydrogen-bond donors (Lipinski definition) is 0. The maximum Gasteiger partial charge on any atom is 0.212 e. The molecule has 0 radical (unpaired) electrons. The van der Waals surface area contributed by atoms with E-state index in [9.17, 15) is 0 Å². The summed E-state index contributed by atoms with van der Waals surface area (Å²) in [5, 5.41) is 1.33. The molecular weight excluding hydrogens is 170 g/mol. The summed E-state index contributed by atoms with van der Waals surface area (Å²) in [4.78, 5) is 0. The molecule has 0 saturated carbocycles. The van der Waals surface area contributed by atoms with E-state index in [0.717, 1.165) is 6.54 Å². The van der Waals surface area contributed by atoms with Crippen LogP contribution in [0.3, 0.4) is 0 Å². The lowest BCUT2D eigenvalue weighted by Crippen LogP contribution is -2.33. The van der Waals surface area contributed by atoms with Crippen LogP contribution in [0.25, 0.3) is 10.9 Å². The number of nitrogens with zero attached hydrogens (tertiary/aromatic N) is 1. The molecule has 14 heavy (non-hydrogen) atoms. The second-order valence-corrected chi connectivity index (χ2v) is 3.76. The van der Waals surface area contributed by atoms with Crippen molar-refractivity contribution in [2.45, 2.75) is 26.8 Å². The van der Waals surface area contributed by atoms with Gasteiger partial charge in [-0.1, -0.05) is 18.6 Å². The van der Waals surface area contributed by atoms with Gasteiger partial charge < -0.3 is 0 Å². The van der Waals surface area contributed by atoms with Gasteiger partial charge in [0.1, 0.15) is 6.54 Å². The third-order valence-electron chi connectivity index (χ3n) is 2.50. The Morgan fingerprint density at radius 3 is 2.86 bits per heavy atom. The van der Waals surface area contributed by atoms with Crippen LogP contribution in [0.1, 0.15) is 18.9 Å². The fourth-order valence-corrected chi connectivity index (χ4v) is 1.84. The highest BCUT2D eigenvalue weighted by Gasteiger charge is 2.05. The predicted octanol–water partition coefficient (Wildman–Crippen LogP) is 2.85. The highest BCUT2D eigenvalue weighted by molar-refractivity contribution is 5.76. The summed E-state index contributed by atoms with van der Waals surface area (Å²) >= 11 is 0. The van der Waals surface area contributed by atoms with Gasteiger partial charge in [-0.05, 0) is 19.1 Å². The first kappa shape index (κ1) is 9.20. The van der Waals surface area contributed by atoms with Crippen molar-refractivity contribution in [3.63, 3.8) is 0 Å². The van der Waals surface area contributed by atoms with Crippen LogP contribution < -0.4 is 4.57 Å². The second-order valence-electron chi connectivity index (χ2n) is 3.76. The zero-order valence-electron chi connectivity index (χ0n) is 8.83. The van der Waals surface area contributed by atoms with Gasteiger partial charge in [-0.15, -0.1) is 0 Å². The lowest BCUT2D eigenvalue weighted by atomic mass is 10.1. The molecule has 0 atom stereocenters. The number of hydrogen-bond acceptors (Lipinski definition) is 0. The van der Waals surface area contributed by atoms with Crippen molar-refractivity contribution in [2.24, 2.45) is 0 Å². The van der Waals surface area contributed by atoms with Crippen LogP contribution in [0.2, 0.25) is 0 Å². The molecule has 1 aromatic heterocycles. The molecule has 1 heteroatoms. The van der Waals surface area contributed by atoms with Crippen LogP contribution in [0, 0.1) is 6.92 Å². The number of fused-ring (bicyclic) bond motifs is 1. The molecule has 0 bridgehead atoms. The SMILES string of the molecule is CCC[n+]1cccc2cc(C)ccc21. The van der Waals surface area contributed by atoms with Gasteiger partial charge in [0.05, 0.1) is 0 Å². The van der Waals surface area contributed by atoms with E-state index in [-0.39, 0.29) is 0 Å². The number of aryl methyl sites for hydroxylation is 2. The van der Waals surface area contributed by atoms with E-state index in [0.29, 0.717) is 0 Å². The molecule has 0 aliphatic rings. The van der Waals surface area contributed by atoms with E-state index in [4.69, 9.17) is 0 Å². The molecule has 0 fully saturated rings. The molecule has 0 aliphatic carbocycles. The molecule has 0 amide bonds. The van der Waals surface area contributed by atoms with Gasteiger partial charge in [0.2, 0.25) is 5.52 Å². The van der Waals surface area contributed by atoms with E-state index in [1.807, 2.05) is 0 Å². The second kappa shape index (κ2) is 3.79. The summed E-state index contributed by atoms with van der Waals surface area (Å²) in [5.41, 5.74) is 2.66. The first-order valence-electron chi connectivity index (χ1n) is 5.20. The van der Waals surface area contributed by atoms with Crippen molar-refractivity contribution < 1.29 is 4.57 Å². The van der Waals surface area contributed by atoms with E-state index in [1.165, 1.54) is 22.9 Å². The molecular formula is C13H16N+. The largest absolute Gasteiger partial charge is 0.212 e. The van der Waals surface area contributed by atoms with Crippen molar-refractivity contribution in [3.8, 4) is 0 Å². The summed E-state index contributed by atoms with van der Waals surface area (Å²) in [6.07, 6.45) is 3.33. The van der Waals surface area contributed by atoms with Crippen LogP contribution in [0.4, 0.5) is 0 Å². The van der Waals surface area contributed by atoms with Crippen LogP contribution in [0.5, 0.6) is 0 Å². The van der Waals surface area contributed by atoms with Crippen LogP contribution >= 0.6 is 0 Å². The first-order chi connectivity index (χ1) is 6.81. The smallest absolute Gasteiger partial charge is 0.198 e. The summed E-state index contributed by atoms with van der Waals surface area (Å²) < 4.78 is 2.31. The van der Waals surface area contributed by atoms with Crippen molar-refractivity contribution in [3.05, 3.63) is 42.1 Å². The molecule has 0 N–H and O–H groups in total. The van der Waals surface area contributed by atoms with Gasteiger partial charge in [0.15, 0.2) is 6.20 Å². The van der Waals surface area contributed by atoms with Crippen LogP contribution in [0.15, 0.2) is 36.5 Å². The Bertz CT molecular complexity index is 446. The highest BCUT2D eigenvalue weighted by atomic mass is 14.9. The third kappa shape index (κ3) is 1.63. The lowest BCUT2D eigenvalue weighted by molar-refractivity contribution is -0.671. The van der Waals surface area contributed by atoms with Crippen LogP contribution in [-0.2, 0) is 6.54 Å². The van der Waals surface area contributed by atoms with Gasteiger partial charge >= 0.3 is 0 Å². The molecule has 1 nitrogen and oxygen atoms in total. The maximum absolute atomic E-state index is 2.31. The molecule has 2 aromatic rings. The Morgan fingerprint density at radius 2 is 2.07 bits per heavy atom. The average molecular weight is 186 g/mol. The van der Waals surface area contributed by atoms with Gasteiger partial charge in [-0.2, -0.15) is 4.57 Å². The number of pyridine rings is 1. The molecule has 0 spiro atoms. The summed E-state index contributed by atoms with van der Waals surface area (Å²) in [5.74, 6) is 0. The molecule has 2 rings (SSSR count). The third-order valence-corrected chi connectivity index (χ3v) is 2.50. The quantitative estimate of drug-likeness (QED) is 0.635. The Morgan fingerprint density at radius 1 is 1.21 bits per heavy atom. The molecule has 1 heterocycles. The van der Waals surface area contributed by atoms with E-state index >= 15 is 0 Å². The van der Waals surface area contributed by atoms with Crippen molar-refractivity contribution in [1.82, 2.24) is 0 Å². The van der Waals surface area contributed by atoms with Crippen molar-refractivity contribution in [1.29, 1.82) is 0 Å². The maximum atomic E-state index is 2.31. The predicted molar refractivity (Wildman–Crippen MR) is 59.2 cm³/mol. The topological polar surface area (TPSA) is 3.88 Å². The Hall–Kier alpha value is -1.37.